The third-order valence-electron chi connectivity index (χ3n) is 1.72. The summed E-state index contributed by atoms with van der Waals surface area (Å²) >= 11 is 0. The number of alkyl halides is 1. The molecule has 0 spiro atoms. The average Bonchev–Trinajstić information content (AvgIpc) is 1.90. The van der Waals surface area contributed by atoms with Crippen molar-refractivity contribution in [3.05, 3.63) is 12.8 Å². The van der Waals surface area contributed by atoms with E-state index in [4.69, 9.17) is 0 Å². The van der Waals surface area contributed by atoms with Crippen molar-refractivity contribution in [3.8, 4) is 0 Å². The number of halogens is 1. The van der Waals surface area contributed by atoms with E-state index in [9.17, 15) is 4.39 Å². The fraction of sp³-hybridized carbons (Fsp3) is 0.714. The van der Waals surface area contributed by atoms with Gasteiger partial charge < -0.3 is 4.90 Å². The Kier molecular flexibility index (Phi) is 2.09. The summed E-state index contributed by atoms with van der Waals surface area (Å²) in [4.78, 5) is 2.05. The number of piperidine rings is 1. The van der Waals surface area contributed by atoms with Crippen molar-refractivity contribution < 1.29 is 4.39 Å². The van der Waals surface area contributed by atoms with Crippen LogP contribution < -0.4 is 0 Å². The second-order valence-corrected chi connectivity index (χ2v) is 2.39. The lowest BCUT2D eigenvalue weighted by molar-refractivity contribution is 0.190. The molecule has 0 radical (unpaired) electrons. The molecular formula is C7H12FN. The van der Waals surface area contributed by atoms with Crippen LogP contribution in [-0.4, -0.2) is 24.2 Å². The molecule has 0 unspecified atom stereocenters. The Bertz CT molecular complexity index is 95.1. The molecule has 0 aromatic rings. The number of hydrogen-bond acceptors (Lipinski definition) is 1. The van der Waals surface area contributed by atoms with Crippen LogP contribution in [0.3, 0.4) is 0 Å². The Morgan fingerprint density at radius 3 is 2.44 bits per heavy atom. The second-order valence-electron chi connectivity index (χ2n) is 2.39. The van der Waals surface area contributed by atoms with Gasteiger partial charge in [-0.05, 0) is 19.0 Å². The predicted octanol–water partition coefficient (Wildman–Crippen LogP) is 1.56. The Morgan fingerprint density at radius 1 is 1.44 bits per heavy atom. The second kappa shape index (κ2) is 2.85. The van der Waals surface area contributed by atoms with Gasteiger partial charge >= 0.3 is 0 Å². The average molecular weight is 129 g/mol. The molecule has 0 aromatic heterocycles. The molecule has 52 valence electrons. The maximum Gasteiger partial charge on any atom is 0.103 e. The van der Waals surface area contributed by atoms with Crippen LogP contribution in [0.25, 0.3) is 0 Å². The molecule has 0 aromatic carbocycles. The molecule has 1 fully saturated rings. The first kappa shape index (κ1) is 6.59. The molecule has 1 aliphatic heterocycles. The predicted molar refractivity (Wildman–Crippen MR) is 35.9 cm³/mol. The smallest absolute Gasteiger partial charge is 0.103 e. The van der Waals surface area contributed by atoms with E-state index in [0.717, 1.165) is 13.1 Å². The first-order valence-corrected chi connectivity index (χ1v) is 3.33. The SMILES string of the molecule is C=CN1CCC(F)CC1. The van der Waals surface area contributed by atoms with Gasteiger partial charge in [0.1, 0.15) is 6.17 Å². The third kappa shape index (κ3) is 1.70. The number of rotatable bonds is 1. The minimum absolute atomic E-state index is 0.568. The van der Waals surface area contributed by atoms with E-state index in [1.807, 2.05) is 0 Å². The zero-order chi connectivity index (χ0) is 6.69. The summed E-state index contributed by atoms with van der Waals surface area (Å²) in [5, 5.41) is 0. The zero-order valence-corrected chi connectivity index (χ0v) is 5.52. The van der Waals surface area contributed by atoms with Crippen LogP contribution in [0.2, 0.25) is 0 Å². The molecule has 0 amide bonds. The van der Waals surface area contributed by atoms with E-state index in [0.29, 0.717) is 12.8 Å². The first-order valence-electron chi connectivity index (χ1n) is 3.33. The molecule has 0 atom stereocenters. The van der Waals surface area contributed by atoms with Gasteiger partial charge in [-0.2, -0.15) is 0 Å². The highest BCUT2D eigenvalue weighted by molar-refractivity contribution is 4.77. The molecule has 1 heterocycles. The van der Waals surface area contributed by atoms with Gasteiger partial charge in [-0.15, -0.1) is 0 Å². The number of hydrogen-bond donors (Lipinski definition) is 0. The van der Waals surface area contributed by atoms with E-state index in [1.54, 1.807) is 6.20 Å². The highest BCUT2D eigenvalue weighted by atomic mass is 19.1. The lowest BCUT2D eigenvalue weighted by Gasteiger charge is -2.26. The van der Waals surface area contributed by atoms with Crippen molar-refractivity contribution in [1.29, 1.82) is 0 Å². The summed E-state index contributed by atoms with van der Waals surface area (Å²) in [6.07, 6.45) is 2.56. The maximum absolute atomic E-state index is 12.4. The van der Waals surface area contributed by atoms with Crippen LogP contribution in [-0.2, 0) is 0 Å². The van der Waals surface area contributed by atoms with E-state index in [1.165, 1.54) is 0 Å². The van der Waals surface area contributed by atoms with E-state index in [2.05, 4.69) is 11.5 Å². The minimum Gasteiger partial charge on any atom is -0.378 e. The van der Waals surface area contributed by atoms with Crippen molar-refractivity contribution in [2.45, 2.75) is 19.0 Å². The summed E-state index contributed by atoms with van der Waals surface area (Å²) in [6, 6.07) is 0. The molecule has 1 aliphatic rings. The van der Waals surface area contributed by atoms with Crippen molar-refractivity contribution in [1.82, 2.24) is 4.90 Å². The van der Waals surface area contributed by atoms with Crippen LogP contribution in [0, 0.1) is 0 Å². The van der Waals surface area contributed by atoms with Crippen molar-refractivity contribution in [2.75, 3.05) is 13.1 Å². The highest BCUT2D eigenvalue weighted by Gasteiger charge is 2.14. The Hall–Kier alpha value is -0.530. The van der Waals surface area contributed by atoms with Crippen LogP contribution >= 0.6 is 0 Å². The van der Waals surface area contributed by atoms with Crippen LogP contribution in [0.15, 0.2) is 12.8 Å². The van der Waals surface area contributed by atoms with Gasteiger partial charge in [-0.3, -0.25) is 0 Å². The van der Waals surface area contributed by atoms with Crippen LogP contribution in [0.1, 0.15) is 12.8 Å². The molecule has 0 N–H and O–H groups in total. The molecular weight excluding hydrogens is 117 g/mol. The number of nitrogens with zero attached hydrogens (tertiary/aromatic N) is 1. The third-order valence-corrected chi connectivity index (χ3v) is 1.72. The molecule has 0 bridgehead atoms. The van der Waals surface area contributed by atoms with E-state index < -0.39 is 6.17 Å². The lowest BCUT2D eigenvalue weighted by Crippen LogP contribution is -2.29. The molecule has 9 heavy (non-hydrogen) atoms. The minimum atomic E-state index is -0.568. The summed E-state index contributed by atoms with van der Waals surface area (Å²) < 4.78 is 12.4. The summed E-state index contributed by atoms with van der Waals surface area (Å²) in [5.41, 5.74) is 0. The summed E-state index contributed by atoms with van der Waals surface area (Å²) in [5.74, 6) is 0. The van der Waals surface area contributed by atoms with E-state index in [-0.39, 0.29) is 0 Å². The monoisotopic (exact) mass is 129 g/mol. The highest BCUT2D eigenvalue weighted by Crippen LogP contribution is 2.12. The van der Waals surface area contributed by atoms with Crippen LogP contribution in [0.5, 0.6) is 0 Å². The largest absolute Gasteiger partial charge is 0.378 e. The Balaban J connectivity index is 2.26. The Morgan fingerprint density at radius 2 is 2.00 bits per heavy atom. The van der Waals surface area contributed by atoms with Crippen molar-refractivity contribution in [2.24, 2.45) is 0 Å². The van der Waals surface area contributed by atoms with Crippen LogP contribution in [0.4, 0.5) is 4.39 Å². The molecule has 0 aliphatic carbocycles. The molecule has 1 nitrogen and oxygen atoms in total. The summed E-state index contributed by atoms with van der Waals surface area (Å²) in [6.45, 7) is 5.29. The fourth-order valence-corrected chi connectivity index (χ4v) is 1.05. The molecule has 1 saturated heterocycles. The fourth-order valence-electron chi connectivity index (χ4n) is 1.05. The van der Waals surface area contributed by atoms with Gasteiger partial charge in [-0.1, -0.05) is 6.58 Å². The van der Waals surface area contributed by atoms with Gasteiger partial charge in [0.25, 0.3) is 0 Å². The molecule has 2 heteroatoms. The standard InChI is InChI=1S/C7H12FN/c1-2-9-5-3-7(8)4-6-9/h2,7H,1,3-6H2. The summed E-state index contributed by atoms with van der Waals surface area (Å²) in [7, 11) is 0. The molecule has 1 rings (SSSR count). The Labute approximate surface area is 55.2 Å². The normalized spacial score (nSPS) is 22.1. The zero-order valence-electron chi connectivity index (χ0n) is 5.52. The van der Waals surface area contributed by atoms with Gasteiger partial charge in [-0.25, -0.2) is 4.39 Å². The van der Waals surface area contributed by atoms with Crippen molar-refractivity contribution >= 4 is 0 Å². The molecule has 0 saturated carbocycles. The van der Waals surface area contributed by atoms with Gasteiger partial charge in [0, 0.05) is 13.1 Å². The maximum atomic E-state index is 12.4. The number of likely N-dealkylation sites (tertiary alicyclic amines) is 1. The quantitative estimate of drug-likeness (QED) is 0.519. The van der Waals surface area contributed by atoms with Gasteiger partial charge in [0.05, 0.1) is 0 Å². The van der Waals surface area contributed by atoms with Gasteiger partial charge in [0.15, 0.2) is 0 Å². The van der Waals surface area contributed by atoms with Crippen molar-refractivity contribution in [3.63, 3.8) is 0 Å². The van der Waals surface area contributed by atoms with Gasteiger partial charge in [0.2, 0.25) is 0 Å². The van der Waals surface area contributed by atoms with E-state index >= 15 is 0 Å². The lowest BCUT2D eigenvalue weighted by atomic mass is 10.1. The topological polar surface area (TPSA) is 3.24 Å². The first-order chi connectivity index (χ1) is 4.33.